The maximum absolute atomic E-state index is 12.6. The first-order chi connectivity index (χ1) is 10.9. The lowest BCUT2D eigenvalue weighted by molar-refractivity contribution is -0.137. The van der Waals surface area contributed by atoms with E-state index in [9.17, 15) is 23.1 Å². The van der Waals surface area contributed by atoms with E-state index in [4.69, 9.17) is 0 Å². The van der Waals surface area contributed by atoms with Gasteiger partial charge in [0.2, 0.25) is 0 Å². The average molecular weight is 339 g/mol. The highest BCUT2D eigenvalue weighted by Gasteiger charge is 2.34. The van der Waals surface area contributed by atoms with Crippen molar-refractivity contribution in [1.29, 1.82) is 0 Å². The molecule has 120 valence electrons. The van der Waals surface area contributed by atoms with E-state index in [-0.39, 0.29) is 0 Å². The molecule has 2 aromatic rings. The Bertz CT molecular complexity index is 731. The quantitative estimate of drug-likeness (QED) is 0.830. The van der Waals surface area contributed by atoms with E-state index >= 15 is 0 Å². The van der Waals surface area contributed by atoms with E-state index < -0.39 is 29.0 Å². The molecule has 3 rings (SSSR count). The normalized spacial score (nSPS) is 21.3. The predicted octanol–water partition coefficient (Wildman–Crippen LogP) is 3.85. The van der Waals surface area contributed by atoms with Gasteiger partial charge in [-0.05, 0) is 29.8 Å². The van der Waals surface area contributed by atoms with E-state index in [1.165, 1.54) is 23.9 Å². The van der Waals surface area contributed by atoms with Gasteiger partial charge < -0.3 is 10.4 Å². The number of para-hydroxylation sites is 1. The second-order valence-electron chi connectivity index (χ2n) is 5.09. The van der Waals surface area contributed by atoms with Gasteiger partial charge in [0, 0.05) is 4.90 Å². The van der Waals surface area contributed by atoms with Crippen molar-refractivity contribution in [3.8, 4) is 0 Å². The topological polar surface area (TPSA) is 49.3 Å². The summed E-state index contributed by atoms with van der Waals surface area (Å²) in [6.45, 7) is 0. The Morgan fingerprint density at radius 1 is 1.04 bits per heavy atom. The molecule has 0 bridgehead atoms. The highest BCUT2D eigenvalue weighted by Crippen LogP contribution is 2.44. The van der Waals surface area contributed by atoms with Crippen molar-refractivity contribution in [1.82, 2.24) is 0 Å². The zero-order valence-corrected chi connectivity index (χ0v) is 12.5. The number of benzene rings is 2. The molecule has 0 aliphatic carbocycles. The number of alkyl halides is 3. The fourth-order valence-electron chi connectivity index (χ4n) is 2.33. The number of nitrogens with one attached hydrogen (secondary N) is 1. The molecule has 0 fully saturated rings. The lowest BCUT2D eigenvalue weighted by Gasteiger charge is -2.19. The molecule has 0 spiro atoms. The van der Waals surface area contributed by atoms with Gasteiger partial charge in [0.25, 0.3) is 5.91 Å². The number of aliphatic hydroxyl groups excluding tert-OH is 1. The second kappa shape index (κ2) is 5.90. The molecule has 0 unspecified atom stereocenters. The summed E-state index contributed by atoms with van der Waals surface area (Å²) in [5, 5.41) is 12.2. The molecule has 1 aliphatic heterocycles. The van der Waals surface area contributed by atoms with Crippen LogP contribution in [0.15, 0.2) is 53.4 Å². The minimum absolute atomic E-state index is 0.461. The van der Waals surface area contributed by atoms with Gasteiger partial charge in [0.1, 0.15) is 6.10 Å². The Morgan fingerprint density at radius 2 is 1.70 bits per heavy atom. The molecular weight excluding hydrogens is 327 g/mol. The average Bonchev–Trinajstić information content (AvgIpc) is 2.64. The first-order valence-electron chi connectivity index (χ1n) is 6.78. The van der Waals surface area contributed by atoms with Crippen LogP contribution in [0.2, 0.25) is 0 Å². The molecule has 7 heteroatoms. The zero-order valence-electron chi connectivity index (χ0n) is 11.7. The summed E-state index contributed by atoms with van der Waals surface area (Å²) in [5.74, 6) is -0.577. The van der Waals surface area contributed by atoms with Gasteiger partial charge in [0.15, 0.2) is 0 Å². The van der Waals surface area contributed by atoms with Crippen LogP contribution in [0.3, 0.4) is 0 Å². The molecule has 2 N–H and O–H groups in total. The smallest absolute Gasteiger partial charge is 0.382 e. The highest BCUT2D eigenvalue weighted by molar-refractivity contribution is 7.99. The van der Waals surface area contributed by atoms with Gasteiger partial charge in [0.05, 0.1) is 16.5 Å². The van der Waals surface area contributed by atoms with Crippen LogP contribution in [0.25, 0.3) is 0 Å². The number of carbonyl (C=O) groups excluding carboxylic acids is 1. The van der Waals surface area contributed by atoms with Gasteiger partial charge in [-0.25, -0.2) is 0 Å². The number of halogens is 3. The van der Waals surface area contributed by atoms with Crippen molar-refractivity contribution in [2.24, 2.45) is 0 Å². The van der Waals surface area contributed by atoms with Gasteiger partial charge in [-0.1, -0.05) is 24.3 Å². The molecule has 2 aromatic carbocycles. The SMILES string of the molecule is O=C1Nc2ccccc2S[C@@H](c2ccc(C(F)(F)F)cc2)[C@H]1O. The Hall–Kier alpha value is -1.99. The van der Waals surface area contributed by atoms with Crippen LogP contribution in [0.5, 0.6) is 0 Å². The summed E-state index contributed by atoms with van der Waals surface area (Å²) in [7, 11) is 0. The molecule has 0 radical (unpaired) electrons. The minimum Gasteiger partial charge on any atom is -0.382 e. The number of carbonyl (C=O) groups is 1. The van der Waals surface area contributed by atoms with Crippen LogP contribution in [0.4, 0.5) is 18.9 Å². The molecule has 1 heterocycles. The van der Waals surface area contributed by atoms with Gasteiger partial charge in [-0.2, -0.15) is 13.2 Å². The zero-order chi connectivity index (χ0) is 16.6. The molecular formula is C16H12F3NO2S. The summed E-state index contributed by atoms with van der Waals surface area (Å²) >= 11 is 1.24. The van der Waals surface area contributed by atoms with E-state index in [1.54, 1.807) is 24.3 Å². The monoisotopic (exact) mass is 339 g/mol. The first kappa shape index (κ1) is 15.9. The minimum atomic E-state index is -4.42. The van der Waals surface area contributed by atoms with Crippen molar-refractivity contribution in [3.63, 3.8) is 0 Å². The molecule has 0 saturated heterocycles. The molecule has 23 heavy (non-hydrogen) atoms. The maximum atomic E-state index is 12.6. The number of hydrogen-bond donors (Lipinski definition) is 2. The maximum Gasteiger partial charge on any atom is 0.416 e. The van der Waals surface area contributed by atoms with E-state index in [1.807, 2.05) is 0 Å². The Balaban J connectivity index is 1.96. The van der Waals surface area contributed by atoms with Crippen LogP contribution in [-0.2, 0) is 11.0 Å². The van der Waals surface area contributed by atoms with Crippen molar-refractivity contribution in [2.75, 3.05) is 5.32 Å². The van der Waals surface area contributed by atoms with Crippen LogP contribution in [-0.4, -0.2) is 17.1 Å². The highest BCUT2D eigenvalue weighted by atomic mass is 32.2. The summed E-state index contributed by atoms with van der Waals surface area (Å²) in [6.07, 6.45) is -5.78. The van der Waals surface area contributed by atoms with Crippen LogP contribution in [0, 0.1) is 0 Å². The summed E-state index contributed by atoms with van der Waals surface area (Å²) in [4.78, 5) is 12.8. The van der Waals surface area contributed by atoms with Crippen molar-refractivity contribution < 1.29 is 23.1 Å². The van der Waals surface area contributed by atoms with Gasteiger partial charge in [-0.15, -0.1) is 11.8 Å². The van der Waals surface area contributed by atoms with Crippen LogP contribution >= 0.6 is 11.8 Å². The van der Waals surface area contributed by atoms with Gasteiger partial charge in [-0.3, -0.25) is 4.79 Å². The first-order valence-corrected chi connectivity index (χ1v) is 7.66. The standard InChI is InChI=1S/C16H12F3NO2S/c17-16(18,19)10-7-5-9(6-8-10)14-13(21)15(22)20-11-3-1-2-4-12(11)23-14/h1-8,13-14,21H,(H,20,22)/t13-,14+/m1/s1. The lowest BCUT2D eigenvalue weighted by atomic mass is 10.0. The number of thioether (sulfide) groups is 1. The van der Waals surface area contributed by atoms with Crippen molar-refractivity contribution >= 4 is 23.4 Å². The van der Waals surface area contributed by atoms with Crippen molar-refractivity contribution in [3.05, 3.63) is 59.7 Å². The number of amides is 1. The molecule has 0 aromatic heterocycles. The number of fused-ring (bicyclic) bond motifs is 1. The number of anilines is 1. The number of aliphatic hydroxyl groups is 1. The fraction of sp³-hybridized carbons (Fsp3) is 0.188. The van der Waals surface area contributed by atoms with Crippen molar-refractivity contribution in [2.45, 2.75) is 22.4 Å². The number of hydrogen-bond acceptors (Lipinski definition) is 3. The predicted molar refractivity (Wildman–Crippen MR) is 81.1 cm³/mol. The summed E-state index contributed by atoms with van der Waals surface area (Å²) < 4.78 is 37.9. The van der Waals surface area contributed by atoms with E-state index in [0.717, 1.165) is 17.0 Å². The van der Waals surface area contributed by atoms with E-state index in [2.05, 4.69) is 5.32 Å². The number of rotatable bonds is 1. The largest absolute Gasteiger partial charge is 0.416 e. The second-order valence-corrected chi connectivity index (χ2v) is 6.27. The molecule has 0 saturated carbocycles. The third kappa shape index (κ3) is 3.20. The molecule has 1 aliphatic rings. The van der Waals surface area contributed by atoms with Crippen LogP contribution in [0.1, 0.15) is 16.4 Å². The molecule has 1 amide bonds. The Kier molecular flexibility index (Phi) is 4.08. The molecule has 3 nitrogen and oxygen atoms in total. The van der Waals surface area contributed by atoms with Crippen LogP contribution < -0.4 is 5.32 Å². The van der Waals surface area contributed by atoms with E-state index in [0.29, 0.717) is 11.3 Å². The lowest BCUT2D eigenvalue weighted by Crippen LogP contribution is -2.30. The fourth-order valence-corrected chi connectivity index (χ4v) is 3.55. The Morgan fingerprint density at radius 3 is 2.35 bits per heavy atom. The molecule has 2 atom stereocenters. The summed E-state index contributed by atoms with van der Waals surface area (Å²) in [6, 6.07) is 11.5. The third-order valence-electron chi connectivity index (χ3n) is 3.52. The Labute approximate surface area is 134 Å². The summed E-state index contributed by atoms with van der Waals surface area (Å²) in [5.41, 5.74) is 0.275. The third-order valence-corrected chi connectivity index (χ3v) is 4.91. The van der Waals surface area contributed by atoms with Gasteiger partial charge >= 0.3 is 6.18 Å².